The molecule has 0 saturated carbocycles. The minimum atomic E-state index is -0.280. The van der Waals surface area contributed by atoms with Gasteiger partial charge in [-0.15, -0.1) is 0 Å². The number of fused-ring (bicyclic) bond motifs is 1. The molecule has 2 amide bonds. The first-order valence-corrected chi connectivity index (χ1v) is 7.51. The van der Waals surface area contributed by atoms with E-state index in [1.807, 2.05) is 48.7 Å². The first-order chi connectivity index (χ1) is 11.2. The standard InChI is InChI=1S/C18H19N3O2/c1-3-21-12-16(15-9-4-5-10-17(15)21)20-18(22)19-13-7-6-8-14(11-13)23-2/h4-12H,3H2,1-2H3,(H2,19,20,22). The fraction of sp³-hybridized carbons (Fsp3) is 0.167. The van der Waals surface area contributed by atoms with E-state index < -0.39 is 0 Å². The van der Waals surface area contributed by atoms with Crippen molar-refractivity contribution < 1.29 is 9.53 Å². The normalized spacial score (nSPS) is 10.5. The maximum absolute atomic E-state index is 12.3. The molecule has 3 rings (SSSR count). The number of aryl methyl sites for hydroxylation is 1. The summed E-state index contributed by atoms with van der Waals surface area (Å²) >= 11 is 0. The smallest absolute Gasteiger partial charge is 0.323 e. The Morgan fingerprint density at radius 1 is 1.13 bits per heavy atom. The Morgan fingerprint density at radius 3 is 2.74 bits per heavy atom. The summed E-state index contributed by atoms with van der Waals surface area (Å²) in [4.78, 5) is 12.3. The van der Waals surface area contributed by atoms with Gasteiger partial charge in [0, 0.05) is 29.9 Å². The Hall–Kier alpha value is -2.95. The van der Waals surface area contributed by atoms with Gasteiger partial charge in [-0.3, -0.25) is 0 Å². The molecule has 2 aromatic carbocycles. The van der Waals surface area contributed by atoms with Gasteiger partial charge < -0.3 is 19.9 Å². The number of anilines is 2. The predicted molar refractivity (Wildman–Crippen MR) is 93.2 cm³/mol. The van der Waals surface area contributed by atoms with Crippen molar-refractivity contribution >= 4 is 28.3 Å². The molecule has 5 nitrogen and oxygen atoms in total. The van der Waals surface area contributed by atoms with Crippen LogP contribution in [0.4, 0.5) is 16.2 Å². The van der Waals surface area contributed by atoms with Crippen molar-refractivity contribution in [2.75, 3.05) is 17.7 Å². The lowest BCUT2D eigenvalue weighted by molar-refractivity contribution is 0.262. The average molecular weight is 309 g/mol. The van der Waals surface area contributed by atoms with E-state index in [9.17, 15) is 4.79 Å². The number of hydrogen-bond acceptors (Lipinski definition) is 2. The molecule has 1 heterocycles. The second-order valence-corrected chi connectivity index (χ2v) is 5.16. The summed E-state index contributed by atoms with van der Waals surface area (Å²) in [7, 11) is 1.60. The Morgan fingerprint density at radius 2 is 1.96 bits per heavy atom. The molecule has 118 valence electrons. The van der Waals surface area contributed by atoms with E-state index >= 15 is 0 Å². The van der Waals surface area contributed by atoms with Crippen molar-refractivity contribution in [1.29, 1.82) is 0 Å². The number of ether oxygens (including phenoxy) is 1. The third-order valence-corrected chi connectivity index (χ3v) is 3.71. The molecule has 2 N–H and O–H groups in total. The Bertz CT molecular complexity index is 839. The van der Waals surface area contributed by atoms with E-state index in [4.69, 9.17) is 4.74 Å². The highest BCUT2D eigenvalue weighted by atomic mass is 16.5. The van der Waals surface area contributed by atoms with Gasteiger partial charge in [0.05, 0.1) is 18.3 Å². The molecule has 5 heteroatoms. The van der Waals surface area contributed by atoms with E-state index in [-0.39, 0.29) is 6.03 Å². The minimum absolute atomic E-state index is 0.280. The molecule has 0 spiro atoms. The van der Waals surface area contributed by atoms with Crippen LogP contribution in [0.5, 0.6) is 5.75 Å². The molecule has 3 aromatic rings. The van der Waals surface area contributed by atoms with Crippen LogP contribution in [0.1, 0.15) is 6.92 Å². The summed E-state index contributed by atoms with van der Waals surface area (Å²) in [5.41, 5.74) is 2.58. The molecule has 23 heavy (non-hydrogen) atoms. The van der Waals surface area contributed by atoms with Gasteiger partial charge in [0.2, 0.25) is 0 Å². The van der Waals surface area contributed by atoms with E-state index in [1.165, 1.54) is 0 Å². The number of aromatic nitrogens is 1. The second-order valence-electron chi connectivity index (χ2n) is 5.16. The zero-order valence-corrected chi connectivity index (χ0v) is 13.2. The Labute approximate surface area is 134 Å². The van der Waals surface area contributed by atoms with Gasteiger partial charge in [0.1, 0.15) is 5.75 Å². The van der Waals surface area contributed by atoms with Crippen LogP contribution >= 0.6 is 0 Å². The molecule has 0 radical (unpaired) electrons. The number of urea groups is 1. The highest BCUT2D eigenvalue weighted by Gasteiger charge is 2.10. The summed E-state index contributed by atoms with van der Waals surface area (Å²) in [5, 5.41) is 6.75. The van der Waals surface area contributed by atoms with Crippen molar-refractivity contribution in [2.45, 2.75) is 13.5 Å². The number of nitrogens with zero attached hydrogens (tertiary/aromatic N) is 1. The SMILES string of the molecule is CCn1cc(NC(=O)Nc2cccc(OC)c2)c2ccccc21. The van der Waals surface area contributed by atoms with Crippen LogP contribution in [0.15, 0.2) is 54.7 Å². The second kappa shape index (κ2) is 6.44. The maximum atomic E-state index is 12.3. The quantitative estimate of drug-likeness (QED) is 0.754. The highest BCUT2D eigenvalue weighted by molar-refractivity contribution is 6.06. The fourth-order valence-electron chi connectivity index (χ4n) is 2.59. The zero-order chi connectivity index (χ0) is 16.2. The number of nitrogens with one attached hydrogen (secondary N) is 2. The Kier molecular flexibility index (Phi) is 4.19. The number of benzene rings is 2. The van der Waals surface area contributed by atoms with E-state index in [2.05, 4.69) is 22.1 Å². The van der Waals surface area contributed by atoms with Gasteiger partial charge in [0.15, 0.2) is 0 Å². The lowest BCUT2D eigenvalue weighted by Crippen LogP contribution is -2.19. The van der Waals surface area contributed by atoms with Gasteiger partial charge >= 0.3 is 6.03 Å². The molecule has 0 bridgehead atoms. The first kappa shape index (κ1) is 15.0. The van der Waals surface area contributed by atoms with Crippen molar-refractivity contribution in [3.63, 3.8) is 0 Å². The summed E-state index contributed by atoms with van der Waals surface area (Å²) < 4.78 is 7.26. The van der Waals surface area contributed by atoms with Gasteiger partial charge in [0.25, 0.3) is 0 Å². The monoisotopic (exact) mass is 309 g/mol. The van der Waals surface area contributed by atoms with Crippen LogP contribution in [0.3, 0.4) is 0 Å². The van der Waals surface area contributed by atoms with Crippen LogP contribution in [0, 0.1) is 0 Å². The number of hydrogen-bond donors (Lipinski definition) is 2. The van der Waals surface area contributed by atoms with Crippen LogP contribution < -0.4 is 15.4 Å². The molecule has 0 aliphatic carbocycles. The average Bonchev–Trinajstić information content (AvgIpc) is 2.93. The zero-order valence-electron chi connectivity index (χ0n) is 13.2. The Balaban J connectivity index is 1.80. The third kappa shape index (κ3) is 3.13. The van der Waals surface area contributed by atoms with Crippen LogP contribution in [0.25, 0.3) is 10.9 Å². The van der Waals surface area contributed by atoms with Crippen LogP contribution in [-0.2, 0) is 6.54 Å². The highest BCUT2D eigenvalue weighted by Crippen LogP contribution is 2.26. The number of methoxy groups -OCH3 is 1. The van der Waals surface area contributed by atoms with Crippen molar-refractivity contribution in [3.8, 4) is 5.75 Å². The van der Waals surface area contributed by atoms with Gasteiger partial charge in [-0.05, 0) is 25.1 Å². The number of amides is 2. The van der Waals surface area contributed by atoms with Crippen molar-refractivity contribution in [3.05, 3.63) is 54.7 Å². The molecule has 0 saturated heterocycles. The lowest BCUT2D eigenvalue weighted by Gasteiger charge is -2.08. The van der Waals surface area contributed by atoms with Gasteiger partial charge in [-0.1, -0.05) is 24.3 Å². The van der Waals surface area contributed by atoms with E-state index in [0.29, 0.717) is 11.4 Å². The summed E-state index contributed by atoms with van der Waals surface area (Å²) in [6, 6.07) is 15.0. The molecule has 0 atom stereocenters. The molecule has 0 aliphatic rings. The van der Waals surface area contributed by atoms with Crippen molar-refractivity contribution in [2.24, 2.45) is 0 Å². The van der Waals surface area contributed by atoms with Gasteiger partial charge in [-0.2, -0.15) is 0 Å². The largest absolute Gasteiger partial charge is 0.497 e. The molecule has 0 fully saturated rings. The van der Waals surface area contributed by atoms with Crippen LogP contribution in [0.2, 0.25) is 0 Å². The number of para-hydroxylation sites is 1. The lowest BCUT2D eigenvalue weighted by atomic mass is 10.2. The summed E-state index contributed by atoms with van der Waals surface area (Å²) in [6.45, 7) is 2.92. The molecule has 0 unspecified atom stereocenters. The van der Waals surface area contributed by atoms with Crippen LogP contribution in [-0.4, -0.2) is 17.7 Å². The summed E-state index contributed by atoms with van der Waals surface area (Å²) in [5.74, 6) is 0.699. The van der Waals surface area contributed by atoms with E-state index in [0.717, 1.165) is 23.1 Å². The minimum Gasteiger partial charge on any atom is -0.497 e. The third-order valence-electron chi connectivity index (χ3n) is 3.71. The predicted octanol–water partition coefficient (Wildman–Crippen LogP) is 4.31. The fourth-order valence-corrected chi connectivity index (χ4v) is 2.59. The topological polar surface area (TPSA) is 55.3 Å². The first-order valence-electron chi connectivity index (χ1n) is 7.51. The van der Waals surface area contributed by atoms with Crippen molar-refractivity contribution in [1.82, 2.24) is 4.57 Å². The summed E-state index contributed by atoms with van der Waals surface area (Å²) in [6.07, 6.45) is 1.95. The number of carbonyl (C=O) groups excluding carboxylic acids is 1. The maximum Gasteiger partial charge on any atom is 0.323 e. The molecule has 1 aromatic heterocycles. The molecule has 0 aliphatic heterocycles. The molecular weight excluding hydrogens is 290 g/mol. The van der Waals surface area contributed by atoms with E-state index in [1.54, 1.807) is 13.2 Å². The molecular formula is C18H19N3O2. The number of rotatable bonds is 4. The number of carbonyl (C=O) groups is 1. The van der Waals surface area contributed by atoms with Gasteiger partial charge in [-0.25, -0.2) is 4.79 Å².